The van der Waals surface area contributed by atoms with E-state index in [4.69, 9.17) is 14.6 Å². The molecule has 3 aromatic rings. The average molecular weight is 560 g/mol. The minimum absolute atomic E-state index is 0.127. The number of nitrogens with zero attached hydrogens (tertiary/aromatic N) is 1. The molecule has 3 saturated heterocycles. The van der Waals surface area contributed by atoms with Gasteiger partial charge in [-0.2, -0.15) is 13.2 Å². The van der Waals surface area contributed by atoms with Gasteiger partial charge >= 0.3 is 12.1 Å². The Labute approximate surface area is 228 Å². The first kappa shape index (κ1) is 28.5. The quantitative estimate of drug-likeness (QED) is 0.243. The number of alkyl halides is 3. The van der Waals surface area contributed by atoms with E-state index in [9.17, 15) is 22.8 Å². The Morgan fingerprint density at radius 2 is 1.46 bits per heavy atom. The van der Waals surface area contributed by atoms with Crippen LogP contribution < -0.4 is 5.11 Å². The fraction of sp³-hybridized carbons (Fsp3) is 0.345. The Hall–Kier alpha value is -3.50. The number of carboxylic acids is 1. The molecule has 1 unspecified atom stereocenters. The van der Waals surface area contributed by atoms with Crippen molar-refractivity contribution in [1.82, 2.24) is 0 Å². The molecule has 1 atom stereocenters. The molecule has 0 aliphatic carbocycles. The zero-order valence-corrected chi connectivity index (χ0v) is 21.8. The molecule has 2 bridgehead atoms. The summed E-state index contributed by atoms with van der Waals surface area (Å²) in [5.41, 5.74) is 1.95. The number of Topliss-reactive ketones (excluding diaryl/α,β-unsaturated/α-hetero) is 1. The van der Waals surface area contributed by atoms with Gasteiger partial charge in [-0.1, -0.05) is 66.7 Å². The number of ether oxygens (including phenoxy) is 1. The van der Waals surface area contributed by atoms with E-state index in [2.05, 4.69) is 0 Å². The molecule has 1 aromatic heterocycles. The Morgan fingerprint density at radius 3 is 1.92 bits per heavy atom. The lowest BCUT2D eigenvalue weighted by Gasteiger charge is -2.51. The first-order chi connectivity index (χ1) is 18.6. The number of carboxylic acid groups (broad SMARTS) is 1. The molecule has 10 heteroatoms. The molecule has 0 amide bonds. The minimum Gasteiger partial charge on any atom is -0.542 e. The van der Waals surface area contributed by atoms with Gasteiger partial charge in [-0.05, 0) is 28.5 Å². The average Bonchev–Trinajstić information content (AvgIpc) is 3.48. The summed E-state index contributed by atoms with van der Waals surface area (Å²) in [6, 6.07) is 23.7. The highest BCUT2D eigenvalue weighted by Crippen LogP contribution is 2.40. The normalized spacial score (nSPS) is 22.1. The van der Waals surface area contributed by atoms with Gasteiger partial charge in [0.25, 0.3) is 0 Å². The molecule has 0 spiro atoms. The van der Waals surface area contributed by atoms with E-state index >= 15 is 0 Å². The van der Waals surface area contributed by atoms with Crippen molar-refractivity contribution >= 4 is 29.1 Å². The number of carbonyl (C=O) groups is 3. The predicted molar refractivity (Wildman–Crippen MR) is 136 cm³/mol. The van der Waals surface area contributed by atoms with Crippen LogP contribution in [0.5, 0.6) is 0 Å². The molecular formula is C29H28F3NO5S. The Morgan fingerprint density at radius 1 is 0.923 bits per heavy atom. The molecule has 6 nitrogen and oxygen atoms in total. The maximum Gasteiger partial charge on any atom is 0.430 e. The molecule has 39 heavy (non-hydrogen) atoms. The van der Waals surface area contributed by atoms with E-state index in [1.54, 1.807) is 0 Å². The number of quaternary nitrogens is 1. The van der Waals surface area contributed by atoms with Crippen LogP contribution in [-0.4, -0.2) is 54.6 Å². The highest BCUT2D eigenvalue weighted by Gasteiger charge is 2.50. The van der Waals surface area contributed by atoms with Crippen molar-refractivity contribution in [2.75, 3.05) is 26.2 Å². The number of aliphatic carboxylic acids is 1. The van der Waals surface area contributed by atoms with Crippen molar-refractivity contribution in [1.29, 1.82) is 0 Å². The Kier molecular flexibility index (Phi) is 8.87. The number of rotatable bonds is 7. The lowest BCUT2D eigenvalue weighted by Crippen LogP contribution is -2.64. The monoisotopic (exact) mass is 559 g/mol. The van der Waals surface area contributed by atoms with Crippen LogP contribution in [0.1, 0.15) is 39.7 Å². The number of carbonyl (C=O) groups excluding carboxylic acids is 3. The Bertz CT molecular complexity index is 1220. The number of hydrogen-bond acceptors (Lipinski definition) is 6. The fourth-order valence-corrected chi connectivity index (χ4v) is 6.04. The van der Waals surface area contributed by atoms with E-state index in [1.807, 2.05) is 78.2 Å². The molecule has 4 heterocycles. The van der Waals surface area contributed by atoms with Crippen LogP contribution in [0.3, 0.4) is 0 Å². The summed E-state index contributed by atoms with van der Waals surface area (Å²) in [6.45, 7) is 3.15. The molecule has 2 aromatic carbocycles. The number of halogens is 3. The second-order valence-electron chi connectivity index (χ2n) is 9.90. The molecule has 0 radical (unpaired) electrons. The van der Waals surface area contributed by atoms with Gasteiger partial charge in [-0.25, -0.2) is 0 Å². The third kappa shape index (κ3) is 7.13. The zero-order chi connectivity index (χ0) is 28.0. The largest absolute Gasteiger partial charge is 0.542 e. The van der Waals surface area contributed by atoms with Crippen molar-refractivity contribution in [3.8, 4) is 0 Å². The molecule has 0 saturated carbocycles. The standard InChI is InChI=1S/C27H28NO3S.C2HF3O2/c29-24(25-12-7-17-32-25)19-28-15-13-20(14-16-28)23(18-28)27(30)31-26(21-8-3-1-4-9-21)22-10-5-2-6-11-22;3-2(4,5)1(6)7/h1-12,17,20,23,26H,13-16,18-19H2;(H,6,7)/q+1;/p-1. The van der Waals surface area contributed by atoms with E-state index in [1.165, 1.54) is 11.3 Å². The highest BCUT2D eigenvalue weighted by molar-refractivity contribution is 7.12. The minimum atomic E-state index is -5.19. The molecule has 206 valence electrons. The maximum absolute atomic E-state index is 13.5. The van der Waals surface area contributed by atoms with Gasteiger partial charge < -0.3 is 19.1 Å². The number of benzene rings is 2. The molecular weight excluding hydrogens is 531 g/mol. The molecule has 3 aliphatic rings. The second-order valence-corrected chi connectivity index (χ2v) is 10.8. The molecule has 0 N–H and O–H groups in total. The number of hydrogen-bond donors (Lipinski definition) is 0. The number of fused-ring (bicyclic) bond motifs is 3. The number of thiophene rings is 1. The van der Waals surface area contributed by atoms with Gasteiger partial charge in [-0.15, -0.1) is 11.3 Å². The van der Waals surface area contributed by atoms with Crippen LogP contribution in [0.15, 0.2) is 78.2 Å². The van der Waals surface area contributed by atoms with Crippen molar-refractivity contribution < 1.29 is 41.9 Å². The van der Waals surface area contributed by atoms with Gasteiger partial charge in [0.05, 0.1) is 24.5 Å². The van der Waals surface area contributed by atoms with Crippen LogP contribution in [0.25, 0.3) is 0 Å². The second kappa shape index (κ2) is 12.1. The summed E-state index contributed by atoms with van der Waals surface area (Å²) in [5, 5.41) is 10.7. The summed E-state index contributed by atoms with van der Waals surface area (Å²) in [5.74, 6) is -2.74. The summed E-state index contributed by atoms with van der Waals surface area (Å²) < 4.78 is 38.5. The smallest absolute Gasteiger partial charge is 0.430 e. The van der Waals surface area contributed by atoms with Gasteiger partial charge in [0.15, 0.2) is 6.10 Å². The van der Waals surface area contributed by atoms with Crippen LogP contribution in [0, 0.1) is 11.8 Å². The topological polar surface area (TPSA) is 83.5 Å². The van der Waals surface area contributed by atoms with Crippen LogP contribution >= 0.6 is 11.3 Å². The lowest BCUT2D eigenvalue weighted by molar-refractivity contribution is -0.938. The summed E-state index contributed by atoms with van der Waals surface area (Å²) in [7, 11) is 0. The number of ketones is 1. The SMILES string of the molecule is O=C(C[N+]12CCC(CC1)C(C(=O)OC(c1ccccc1)c1ccccc1)C2)c1cccs1.O=C([O-])C(F)(F)F. The molecule has 3 aliphatic heterocycles. The summed E-state index contributed by atoms with van der Waals surface area (Å²) in [4.78, 5) is 35.9. The van der Waals surface area contributed by atoms with Gasteiger partial charge in [0.2, 0.25) is 5.78 Å². The van der Waals surface area contributed by atoms with E-state index < -0.39 is 18.2 Å². The van der Waals surface area contributed by atoms with Crippen molar-refractivity contribution in [3.63, 3.8) is 0 Å². The first-order valence-corrected chi connectivity index (χ1v) is 13.5. The summed E-state index contributed by atoms with van der Waals surface area (Å²) in [6.07, 6.45) is -3.64. The Balaban J connectivity index is 0.000000448. The van der Waals surface area contributed by atoms with Crippen LogP contribution in [0.2, 0.25) is 0 Å². The summed E-state index contributed by atoms with van der Waals surface area (Å²) >= 11 is 1.50. The number of esters is 1. The van der Waals surface area contributed by atoms with Gasteiger partial charge in [0.1, 0.15) is 18.4 Å². The van der Waals surface area contributed by atoms with Gasteiger partial charge in [-0.3, -0.25) is 9.59 Å². The highest BCUT2D eigenvalue weighted by atomic mass is 32.1. The molecule has 3 fully saturated rings. The lowest BCUT2D eigenvalue weighted by atomic mass is 9.77. The van der Waals surface area contributed by atoms with Crippen LogP contribution in [0.4, 0.5) is 13.2 Å². The maximum atomic E-state index is 13.5. The number of piperidine rings is 3. The predicted octanol–water partition coefficient (Wildman–Crippen LogP) is 4.42. The van der Waals surface area contributed by atoms with Crippen molar-refractivity contribution in [2.45, 2.75) is 25.1 Å². The van der Waals surface area contributed by atoms with Crippen molar-refractivity contribution in [3.05, 3.63) is 94.2 Å². The molecule has 6 rings (SSSR count). The third-order valence-corrected chi connectivity index (χ3v) is 8.26. The van der Waals surface area contributed by atoms with E-state index in [0.29, 0.717) is 23.5 Å². The zero-order valence-electron chi connectivity index (χ0n) is 21.0. The van der Waals surface area contributed by atoms with E-state index in [-0.39, 0.29) is 17.7 Å². The van der Waals surface area contributed by atoms with Crippen LogP contribution in [-0.2, 0) is 14.3 Å². The fourth-order valence-electron chi connectivity index (χ4n) is 5.38. The van der Waals surface area contributed by atoms with E-state index in [0.717, 1.165) is 41.9 Å². The first-order valence-electron chi connectivity index (χ1n) is 12.6. The van der Waals surface area contributed by atoms with Crippen molar-refractivity contribution in [2.24, 2.45) is 11.8 Å². The van der Waals surface area contributed by atoms with Gasteiger partial charge in [0, 0.05) is 12.8 Å². The third-order valence-electron chi connectivity index (χ3n) is 7.35.